The highest BCUT2D eigenvalue weighted by Gasteiger charge is 2.30. The predicted molar refractivity (Wildman–Crippen MR) is 133 cm³/mol. The lowest BCUT2D eigenvalue weighted by molar-refractivity contribution is -0.148. The molecule has 222 valence electrons. The smallest absolute Gasteiger partial charge is 0.379 e. The molecule has 4 N–H and O–H groups in total. The van der Waals surface area contributed by atoms with E-state index >= 15 is 0 Å². The van der Waals surface area contributed by atoms with Crippen LogP contribution in [0.15, 0.2) is 0 Å². The lowest BCUT2D eigenvalue weighted by atomic mass is 10.2. The van der Waals surface area contributed by atoms with Crippen molar-refractivity contribution in [1.29, 1.82) is 0 Å². The van der Waals surface area contributed by atoms with E-state index in [0.29, 0.717) is 12.8 Å². The van der Waals surface area contributed by atoms with Gasteiger partial charge >= 0.3 is 31.2 Å². The molecule has 0 aromatic carbocycles. The average molecular weight is 718 g/mol. The maximum Gasteiger partial charge on any atom is 0.397 e. The largest absolute Gasteiger partial charge is 0.397 e. The van der Waals surface area contributed by atoms with Crippen LogP contribution >= 0.6 is 22.9 Å². The van der Waals surface area contributed by atoms with Crippen molar-refractivity contribution in [3.63, 3.8) is 0 Å². The van der Waals surface area contributed by atoms with Gasteiger partial charge < -0.3 is 14.2 Å². The van der Waals surface area contributed by atoms with E-state index in [-0.39, 0.29) is 71.9 Å². The second-order valence-corrected chi connectivity index (χ2v) is 10.9. The summed E-state index contributed by atoms with van der Waals surface area (Å²) in [5.41, 5.74) is 0. The Morgan fingerprint density at radius 1 is 0.649 bits per heavy atom. The highest BCUT2D eigenvalue weighted by atomic mass is 127. The van der Waals surface area contributed by atoms with E-state index in [1.54, 1.807) is 22.9 Å². The minimum absolute atomic E-state index is 0.00139. The Balaban J connectivity index is 4.80. The fraction of sp³-hybridized carbons (Fsp3) is 0.938. The highest BCUT2D eigenvalue weighted by Crippen LogP contribution is 2.11. The van der Waals surface area contributed by atoms with Crippen molar-refractivity contribution in [2.75, 3.05) is 46.2 Å². The first-order chi connectivity index (χ1) is 17.1. The summed E-state index contributed by atoms with van der Waals surface area (Å²) in [6.07, 6.45) is -0.513. The SMILES string of the molecule is O=C(NI)[C@H](OCCCCOS(=O)(=O)O)[C@@H](COCCCCOS(=O)(=O)O)OCCCCOS(=O)(=O)O. The number of halogens is 1. The van der Waals surface area contributed by atoms with Gasteiger partial charge in [0.25, 0.3) is 5.91 Å². The van der Waals surface area contributed by atoms with Crippen LogP contribution in [0.4, 0.5) is 0 Å². The van der Waals surface area contributed by atoms with Crippen LogP contribution in [0.25, 0.3) is 0 Å². The van der Waals surface area contributed by atoms with Crippen LogP contribution in [0, 0.1) is 0 Å². The van der Waals surface area contributed by atoms with Gasteiger partial charge in [0.15, 0.2) is 6.10 Å². The molecule has 0 unspecified atom stereocenters. The standard InChI is InChI=1S/C16H32INO16S3/c17-18-16(19)15(31-9-3-6-12-34-37(26,27)28)14(30-8-2-5-11-33-36(23,24)25)13-29-7-1-4-10-32-35(20,21)22/h14-15H,1-13H2,(H,18,19)(H,20,21,22)(H,23,24,25)(H,26,27,28)/t14-,15-/m1/s1. The molecule has 21 heteroatoms. The van der Waals surface area contributed by atoms with Gasteiger partial charge in [0, 0.05) is 19.8 Å². The van der Waals surface area contributed by atoms with Gasteiger partial charge in [-0.2, -0.15) is 25.3 Å². The molecule has 0 heterocycles. The van der Waals surface area contributed by atoms with Crippen LogP contribution in [0.1, 0.15) is 38.5 Å². The lowest BCUT2D eigenvalue weighted by Gasteiger charge is -2.26. The molecule has 0 aromatic rings. The van der Waals surface area contributed by atoms with Crippen molar-refractivity contribution >= 4 is 60.0 Å². The number of nitrogens with one attached hydrogen (secondary N) is 1. The number of hydrogen-bond acceptors (Lipinski definition) is 13. The van der Waals surface area contributed by atoms with Crippen LogP contribution in [-0.2, 0) is 62.8 Å². The fourth-order valence-electron chi connectivity index (χ4n) is 2.48. The molecular weight excluding hydrogens is 685 g/mol. The van der Waals surface area contributed by atoms with Gasteiger partial charge in [-0.15, -0.1) is 0 Å². The Labute approximate surface area is 230 Å². The minimum Gasteiger partial charge on any atom is -0.379 e. The highest BCUT2D eigenvalue weighted by molar-refractivity contribution is 14.1. The first-order valence-corrected chi connectivity index (χ1v) is 15.9. The van der Waals surface area contributed by atoms with Crippen molar-refractivity contribution in [3.05, 3.63) is 0 Å². The third kappa shape index (κ3) is 24.5. The maximum absolute atomic E-state index is 12.4. The Morgan fingerprint density at radius 2 is 1.03 bits per heavy atom. The zero-order valence-corrected chi connectivity index (χ0v) is 24.2. The second-order valence-electron chi connectivity index (χ2n) is 7.10. The van der Waals surface area contributed by atoms with Crippen molar-refractivity contribution in [2.24, 2.45) is 0 Å². The van der Waals surface area contributed by atoms with Gasteiger partial charge in [-0.05, 0) is 38.5 Å². The van der Waals surface area contributed by atoms with E-state index in [2.05, 4.69) is 16.1 Å². The molecule has 0 aliphatic heterocycles. The minimum atomic E-state index is -4.56. The molecule has 0 aromatic heterocycles. The summed E-state index contributed by atoms with van der Waals surface area (Å²) in [7, 11) is -13.6. The van der Waals surface area contributed by atoms with Crippen LogP contribution < -0.4 is 3.53 Å². The van der Waals surface area contributed by atoms with E-state index in [4.69, 9.17) is 27.9 Å². The van der Waals surface area contributed by atoms with Crippen molar-refractivity contribution in [3.8, 4) is 0 Å². The third-order valence-electron chi connectivity index (χ3n) is 4.06. The topological polar surface area (TPSA) is 248 Å². The number of unbranched alkanes of at least 4 members (excludes halogenated alkanes) is 3. The number of amides is 1. The summed E-state index contributed by atoms with van der Waals surface area (Å²) in [5.74, 6) is -0.556. The van der Waals surface area contributed by atoms with Gasteiger partial charge in [-0.25, -0.2) is 12.5 Å². The zero-order valence-electron chi connectivity index (χ0n) is 19.6. The first kappa shape index (κ1) is 36.7. The van der Waals surface area contributed by atoms with Gasteiger partial charge in [0.1, 0.15) is 6.10 Å². The molecule has 0 radical (unpaired) electrons. The zero-order chi connectivity index (χ0) is 28.4. The Kier molecular flexibility index (Phi) is 19.5. The monoisotopic (exact) mass is 717 g/mol. The second kappa shape index (κ2) is 19.7. The van der Waals surface area contributed by atoms with Crippen LogP contribution in [0.2, 0.25) is 0 Å². The molecule has 2 atom stereocenters. The van der Waals surface area contributed by atoms with Crippen molar-refractivity contribution in [1.82, 2.24) is 3.53 Å². The molecule has 37 heavy (non-hydrogen) atoms. The van der Waals surface area contributed by atoms with Crippen molar-refractivity contribution < 1.29 is 70.5 Å². The van der Waals surface area contributed by atoms with Crippen LogP contribution in [0.5, 0.6) is 0 Å². The van der Waals surface area contributed by atoms with E-state index < -0.39 is 49.3 Å². The molecule has 0 rings (SSSR count). The molecule has 0 fully saturated rings. The Morgan fingerprint density at radius 3 is 1.43 bits per heavy atom. The van der Waals surface area contributed by atoms with Gasteiger partial charge in [-0.1, -0.05) is 0 Å². The van der Waals surface area contributed by atoms with E-state index in [9.17, 15) is 30.0 Å². The summed E-state index contributed by atoms with van der Waals surface area (Å²) in [5, 5.41) is 0. The molecular formula is C16H32INO16S3. The summed E-state index contributed by atoms with van der Waals surface area (Å²) in [4.78, 5) is 12.4. The molecule has 17 nitrogen and oxygen atoms in total. The summed E-state index contributed by atoms with van der Waals surface area (Å²) < 4.78 is 121. The van der Waals surface area contributed by atoms with E-state index in [0.717, 1.165) is 0 Å². The number of ether oxygens (including phenoxy) is 3. The Bertz CT molecular complexity index is 943. The van der Waals surface area contributed by atoms with Crippen LogP contribution in [-0.4, -0.2) is 103 Å². The number of rotatable bonds is 24. The lowest BCUT2D eigenvalue weighted by Crippen LogP contribution is -2.45. The molecule has 0 saturated heterocycles. The Hall–Kier alpha value is -0.310. The molecule has 0 spiro atoms. The molecule has 0 bridgehead atoms. The van der Waals surface area contributed by atoms with Crippen molar-refractivity contribution in [2.45, 2.75) is 50.7 Å². The van der Waals surface area contributed by atoms with Gasteiger partial charge in [-0.3, -0.25) is 22.0 Å². The summed E-state index contributed by atoms with van der Waals surface area (Å²) in [6, 6.07) is 0. The average Bonchev–Trinajstić information content (AvgIpc) is 2.76. The first-order valence-electron chi connectivity index (χ1n) is 10.7. The number of hydrogen-bond donors (Lipinski definition) is 4. The number of carbonyl (C=O) groups excluding carboxylic acids is 1. The van der Waals surface area contributed by atoms with E-state index in [1.807, 2.05) is 0 Å². The maximum atomic E-state index is 12.4. The summed E-state index contributed by atoms with van der Waals surface area (Å²) >= 11 is 1.60. The van der Waals surface area contributed by atoms with Gasteiger partial charge in [0.2, 0.25) is 0 Å². The molecule has 1 amide bonds. The quantitative estimate of drug-likeness (QED) is 0.0445. The van der Waals surface area contributed by atoms with Gasteiger partial charge in [0.05, 0.1) is 49.3 Å². The van der Waals surface area contributed by atoms with Crippen LogP contribution in [0.3, 0.4) is 0 Å². The predicted octanol–water partition coefficient (Wildman–Crippen LogP) is 0.0384. The third-order valence-corrected chi connectivity index (χ3v) is 5.98. The van der Waals surface area contributed by atoms with E-state index in [1.165, 1.54) is 0 Å². The molecule has 0 aliphatic rings. The normalized spacial score (nSPS) is 14.4. The fourth-order valence-corrected chi connectivity index (χ4v) is 3.77. The molecule has 0 saturated carbocycles. The number of carbonyl (C=O) groups is 1. The summed E-state index contributed by atoms with van der Waals surface area (Å²) in [6.45, 7) is -0.780. The molecule has 0 aliphatic carbocycles.